The zero-order chi connectivity index (χ0) is 11.5. The summed E-state index contributed by atoms with van der Waals surface area (Å²) >= 11 is 0. The first kappa shape index (κ1) is 11.7. The van der Waals surface area contributed by atoms with E-state index in [0.29, 0.717) is 6.04 Å². The lowest BCUT2D eigenvalue weighted by molar-refractivity contribution is 0.141. The number of fused-ring (bicyclic) bond motifs is 1. The highest BCUT2D eigenvalue weighted by Crippen LogP contribution is 2.40. The molecule has 2 fully saturated rings. The number of nitrogens with one attached hydrogen (secondary N) is 1. The first-order valence-corrected chi connectivity index (χ1v) is 6.64. The third-order valence-electron chi connectivity index (χ3n) is 4.27. The van der Waals surface area contributed by atoms with Gasteiger partial charge in [0.2, 0.25) is 0 Å². The lowest BCUT2D eigenvalue weighted by Crippen LogP contribution is -2.45. The van der Waals surface area contributed by atoms with Crippen molar-refractivity contribution in [2.24, 2.45) is 11.8 Å². The Balaban J connectivity index is 1.83. The van der Waals surface area contributed by atoms with Crippen LogP contribution >= 0.6 is 0 Å². The van der Waals surface area contributed by atoms with Crippen molar-refractivity contribution in [3.8, 4) is 0 Å². The maximum Gasteiger partial charge on any atom is 0.317 e. The van der Waals surface area contributed by atoms with Gasteiger partial charge in [-0.1, -0.05) is 25.7 Å². The molecule has 3 nitrogen and oxygen atoms in total. The van der Waals surface area contributed by atoms with E-state index in [4.69, 9.17) is 0 Å². The van der Waals surface area contributed by atoms with E-state index in [1.165, 1.54) is 44.9 Å². The van der Waals surface area contributed by atoms with Crippen molar-refractivity contribution in [3.63, 3.8) is 0 Å². The van der Waals surface area contributed by atoms with Crippen molar-refractivity contribution in [1.82, 2.24) is 10.2 Å². The molecule has 2 aliphatic carbocycles. The second kappa shape index (κ2) is 5.07. The molecule has 3 atom stereocenters. The number of carbonyl (C=O) groups excluding carboxylic acids is 1. The van der Waals surface area contributed by atoms with E-state index in [1.54, 1.807) is 4.90 Å². The average Bonchev–Trinajstić information content (AvgIpc) is 2.28. The highest BCUT2D eigenvalue weighted by Gasteiger charge is 2.32. The van der Waals surface area contributed by atoms with Crippen LogP contribution in [0.2, 0.25) is 0 Å². The van der Waals surface area contributed by atoms with Crippen LogP contribution in [0.3, 0.4) is 0 Å². The van der Waals surface area contributed by atoms with Crippen LogP contribution in [0.4, 0.5) is 4.79 Å². The molecule has 2 saturated carbocycles. The molecule has 2 rings (SSSR count). The summed E-state index contributed by atoms with van der Waals surface area (Å²) in [7, 11) is 3.61. The van der Waals surface area contributed by atoms with Crippen LogP contribution in [0.15, 0.2) is 0 Å². The number of amides is 2. The second-order valence-corrected chi connectivity index (χ2v) is 5.66. The molecule has 3 unspecified atom stereocenters. The highest BCUT2D eigenvalue weighted by atomic mass is 16.2. The molecule has 0 aliphatic heterocycles. The predicted octanol–water partition coefficient (Wildman–Crippen LogP) is 2.62. The van der Waals surface area contributed by atoms with Crippen LogP contribution in [-0.2, 0) is 0 Å². The Labute approximate surface area is 98.6 Å². The Morgan fingerprint density at radius 3 is 2.44 bits per heavy atom. The lowest BCUT2D eigenvalue weighted by atomic mass is 9.69. The second-order valence-electron chi connectivity index (χ2n) is 5.66. The van der Waals surface area contributed by atoms with Crippen molar-refractivity contribution in [1.29, 1.82) is 0 Å². The standard InChI is InChI=1S/C13H24N2O/c1-15(2)13(16)14-12-8-7-10-5-3-4-6-11(10)9-12/h10-12H,3-9H2,1-2H3,(H,14,16). The normalized spacial score (nSPS) is 34.0. The maximum absolute atomic E-state index is 11.6. The molecule has 92 valence electrons. The monoisotopic (exact) mass is 224 g/mol. The number of hydrogen-bond acceptors (Lipinski definition) is 1. The summed E-state index contributed by atoms with van der Waals surface area (Å²) in [5.41, 5.74) is 0. The lowest BCUT2D eigenvalue weighted by Gasteiger charge is -2.39. The molecule has 0 bridgehead atoms. The Kier molecular flexibility index (Phi) is 3.72. The first-order valence-electron chi connectivity index (χ1n) is 6.64. The molecule has 0 aromatic carbocycles. The van der Waals surface area contributed by atoms with Crippen molar-refractivity contribution in [3.05, 3.63) is 0 Å². The molecule has 0 saturated heterocycles. The summed E-state index contributed by atoms with van der Waals surface area (Å²) in [6.07, 6.45) is 9.36. The molecule has 0 spiro atoms. The number of nitrogens with zero attached hydrogens (tertiary/aromatic N) is 1. The summed E-state index contributed by atoms with van der Waals surface area (Å²) in [5.74, 6) is 1.84. The Hall–Kier alpha value is -0.730. The van der Waals surface area contributed by atoms with Gasteiger partial charge in [-0.2, -0.15) is 0 Å². The zero-order valence-electron chi connectivity index (χ0n) is 10.5. The number of urea groups is 1. The van der Waals surface area contributed by atoms with Crippen LogP contribution in [0, 0.1) is 11.8 Å². The molecular weight excluding hydrogens is 200 g/mol. The van der Waals surface area contributed by atoms with Crippen LogP contribution in [0.5, 0.6) is 0 Å². The number of hydrogen-bond donors (Lipinski definition) is 1. The van der Waals surface area contributed by atoms with E-state index in [9.17, 15) is 4.79 Å². The fourth-order valence-electron chi connectivity index (χ4n) is 3.31. The third-order valence-corrected chi connectivity index (χ3v) is 4.27. The van der Waals surface area contributed by atoms with Gasteiger partial charge in [0.25, 0.3) is 0 Å². The molecule has 0 aromatic rings. The molecule has 1 N–H and O–H groups in total. The zero-order valence-corrected chi connectivity index (χ0v) is 10.5. The van der Waals surface area contributed by atoms with Crippen LogP contribution in [0.25, 0.3) is 0 Å². The van der Waals surface area contributed by atoms with E-state index in [-0.39, 0.29) is 6.03 Å². The molecule has 0 aromatic heterocycles. The van der Waals surface area contributed by atoms with Crippen molar-refractivity contribution in [2.45, 2.75) is 51.0 Å². The highest BCUT2D eigenvalue weighted by molar-refractivity contribution is 5.73. The fraction of sp³-hybridized carbons (Fsp3) is 0.923. The van der Waals surface area contributed by atoms with Crippen molar-refractivity contribution < 1.29 is 4.79 Å². The fourth-order valence-corrected chi connectivity index (χ4v) is 3.31. The van der Waals surface area contributed by atoms with Gasteiger partial charge in [-0.25, -0.2) is 4.79 Å². The summed E-state index contributed by atoms with van der Waals surface area (Å²) in [5, 5.41) is 3.14. The predicted molar refractivity (Wildman–Crippen MR) is 65.3 cm³/mol. The molecule has 0 radical (unpaired) electrons. The van der Waals surface area contributed by atoms with Gasteiger partial charge < -0.3 is 10.2 Å². The van der Waals surface area contributed by atoms with Crippen molar-refractivity contribution in [2.75, 3.05) is 14.1 Å². The van der Waals surface area contributed by atoms with Gasteiger partial charge in [0.1, 0.15) is 0 Å². The van der Waals surface area contributed by atoms with E-state index in [2.05, 4.69) is 5.32 Å². The topological polar surface area (TPSA) is 32.3 Å². The molecule has 0 heterocycles. The molecule has 3 heteroatoms. The molecule has 2 aliphatic rings. The third kappa shape index (κ3) is 2.69. The van der Waals surface area contributed by atoms with Crippen LogP contribution < -0.4 is 5.32 Å². The maximum atomic E-state index is 11.6. The minimum atomic E-state index is 0.0688. The first-order chi connectivity index (χ1) is 7.66. The molecular formula is C13H24N2O. The van der Waals surface area contributed by atoms with E-state index < -0.39 is 0 Å². The number of carbonyl (C=O) groups is 1. The van der Waals surface area contributed by atoms with Crippen LogP contribution in [0.1, 0.15) is 44.9 Å². The Bertz CT molecular complexity index is 252. The Morgan fingerprint density at radius 1 is 1.06 bits per heavy atom. The largest absolute Gasteiger partial charge is 0.335 e. The number of rotatable bonds is 1. The van der Waals surface area contributed by atoms with E-state index >= 15 is 0 Å². The summed E-state index contributed by atoms with van der Waals surface area (Å²) < 4.78 is 0. The van der Waals surface area contributed by atoms with Gasteiger partial charge in [0, 0.05) is 20.1 Å². The minimum absolute atomic E-state index is 0.0688. The van der Waals surface area contributed by atoms with Gasteiger partial charge in [0.15, 0.2) is 0 Å². The van der Waals surface area contributed by atoms with E-state index in [1.807, 2.05) is 14.1 Å². The van der Waals surface area contributed by atoms with Gasteiger partial charge in [0.05, 0.1) is 0 Å². The summed E-state index contributed by atoms with van der Waals surface area (Å²) in [6, 6.07) is 0.494. The van der Waals surface area contributed by atoms with Gasteiger partial charge in [-0.3, -0.25) is 0 Å². The molecule has 2 amide bonds. The van der Waals surface area contributed by atoms with E-state index in [0.717, 1.165) is 11.8 Å². The van der Waals surface area contributed by atoms with Crippen LogP contribution in [-0.4, -0.2) is 31.1 Å². The van der Waals surface area contributed by atoms with Gasteiger partial charge in [-0.15, -0.1) is 0 Å². The average molecular weight is 224 g/mol. The molecule has 16 heavy (non-hydrogen) atoms. The quantitative estimate of drug-likeness (QED) is 0.729. The summed E-state index contributed by atoms with van der Waals surface area (Å²) in [4.78, 5) is 13.2. The SMILES string of the molecule is CN(C)C(=O)NC1CCC2CCCCC2C1. The summed E-state index contributed by atoms with van der Waals surface area (Å²) in [6.45, 7) is 0. The van der Waals surface area contributed by atoms with Gasteiger partial charge >= 0.3 is 6.03 Å². The van der Waals surface area contributed by atoms with Crippen molar-refractivity contribution >= 4 is 6.03 Å². The Morgan fingerprint density at radius 2 is 1.75 bits per heavy atom. The minimum Gasteiger partial charge on any atom is -0.335 e. The smallest absolute Gasteiger partial charge is 0.317 e. The van der Waals surface area contributed by atoms with Gasteiger partial charge in [-0.05, 0) is 31.1 Å².